The molecule has 2 heteroatoms. The molecule has 16 heavy (non-hydrogen) atoms. The van der Waals surface area contributed by atoms with Crippen molar-refractivity contribution < 1.29 is 4.74 Å². The zero-order valence-electron chi connectivity index (χ0n) is 11.1. The van der Waals surface area contributed by atoms with E-state index in [4.69, 9.17) is 10.5 Å². The Hall–Kier alpha value is -0.0800. The number of unbranched alkanes of at least 4 members (excludes halogenated alkanes) is 1. The quantitative estimate of drug-likeness (QED) is 0.677. The minimum Gasteiger partial charge on any atom is -0.381 e. The maximum atomic E-state index is 6.25. The molecular formula is C14H29NO. The zero-order chi connectivity index (χ0) is 11.8. The molecule has 2 N–H and O–H groups in total. The fourth-order valence-electron chi connectivity index (χ4n) is 2.67. The summed E-state index contributed by atoms with van der Waals surface area (Å²) in [5.74, 6) is 1.63. The first kappa shape index (κ1) is 14.0. The number of nitrogens with two attached hydrogens (primary N) is 1. The van der Waals surface area contributed by atoms with Crippen LogP contribution in [0, 0.1) is 11.8 Å². The summed E-state index contributed by atoms with van der Waals surface area (Å²) < 4.78 is 5.58. The molecule has 3 unspecified atom stereocenters. The van der Waals surface area contributed by atoms with E-state index in [-0.39, 0.29) is 0 Å². The highest BCUT2D eigenvalue weighted by molar-refractivity contribution is 4.78. The van der Waals surface area contributed by atoms with Gasteiger partial charge in [-0.25, -0.2) is 0 Å². The van der Waals surface area contributed by atoms with Crippen LogP contribution in [-0.4, -0.2) is 19.3 Å². The van der Waals surface area contributed by atoms with Gasteiger partial charge >= 0.3 is 0 Å². The maximum Gasteiger partial charge on any atom is 0.0480 e. The summed E-state index contributed by atoms with van der Waals surface area (Å²) in [4.78, 5) is 0. The van der Waals surface area contributed by atoms with Crippen molar-refractivity contribution in [2.45, 2.75) is 64.8 Å². The Balaban J connectivity index is 2.06. The van der Waals surface area contributed by atoms with Crippen LogP contribution in [0.15, 0.2) is 0 Å². The summed E-state index contributed by atoms with van der Waals surface area (Å²) in [6.45, 7) is 6.31. The molecule has 0 heterocycles. The Morgan fingerprint density at radius 3 is 2.81 bits per heavy atom. The average molecular weight is 227 g/mol. The molecule has 0 aromatic heterocycles. The summed E-state index contributed by atoms with van der Waals surface area (Å²) in [7, 11) is 0. The van der Waals surface area contributed by atoms with Crippen molar-refractivity contribution in [3.8, 4) is 0 Å². The van der Waals surface area contributed by atoms with Gasteiger partial charge < -0.3 is 10.5 Å². The van der Waals surface area contributed by atoms with Gasteiger partial charge in [0.25, 0.3) is 0 Å². The van der Waals surface area contributed by atoms with Crippen LogP contribution in [0.25, 0.3) is 0 Å². The number of ether oxygens (including phenoxy) is 1. The van der Waals surface area contributed by atoms with Crippen LogP contribution in [0.2, 0.25) is 0 Å². The van der Waals surface area contributed by atoms with E-state index in [1.54, 1.807) is 0 Å². The molecule has 0 spiro atoms. The van der Waals surface area contributed by atoms with Crippen LogP contribution in [0.1, 0.15) is 58.8 Å². The Bertz CT molecular complexity index is 172. The standard InChI is InChI=1S/C14H29NO/c1-3-4-9-16-10-8-14(15)13-7-5-6-12(2)11-13/h12-14H,3-11,15H2,1-2H3. The van der Waals surface area contributed by atoms with Crippen molar-refractivity contribution in [1.82, 2.24) is 0 Å². The zero-order valence-corrected chi connectivity index (χ0v) is 11.1. The Labute approximate surface area is 101 Å². The van der Waals surface area contributed by atoms with E-state index in [2.05, 4.69) is 13.8 Å². The third-order valence-electron chi connectivity index (χ3n) is 3.82. The summed E-state index contributed by atoms with van der Waals surface area (Å²) in [6, 6.07) is 0.365. The van der Waals surface area contributed by atoms with Crippen LogP contribution >= 0.6 is 0 Å². The van der Waals surface area contributed by atoms with E-state index >= 15 is 0 Å². The Kier molecular flexibility index (Phi) is 7.06. The van der Waals surface area contributed by atoms with Crippen molar-refractivity contribution in [1.29, 1.82) is 0 Å². The lowest BCUT2D eigenvalue weighted by atomic mass is 9.78. The molecule has 96 valence electrons. The second-order valence-electron chi connectivity index (χ2n) is 5.45. The lowest BCUT2D eigenvalue weighted by Crippen LogP contribution is -2.34. The lowest BCUT2D eigenvalue weighted by molar-refractivity contribution is 0.113. The molecule has 1 rings (SSSR count). The van der Waals surface area contributed by atoms with E-state index in [0.29, 0.717) is 6.04 Å². The molecule has 0 saturated heterocycles. The normalized spacial score (nSPS) is 27.9. The summed E-state index contributed by atoms with van der Waals surface area (Å²) in [5.41, 5.74) is 6.25. The minimum atomic E-state index is 0.365. The predicted octanol–water partition coefficient (Wildman–Crippen LogP) is 3.35. The second-order valence-corrected chi connectivity index (χ2v) is 5.45. The summed E-state index contributed by atoms with van der Waals surface area (Å²) in [6.07, 6.45) is 8.87. The highest BCUT2D eigenvalue weighted by atomic mass is 16.5. The van der Waals surface area contributed by atoms with Crippen molar-refractivity contribution >= 4 is 0 Å². The molecule has 1 saturated carbocycles. The molecule has 0 bridgehead atoms. The topological polar surface area (TPSA) is 35.2 Å². The minimum absolute atomic E-state index is 0.365. The fraction of sp³-hybridized carbons (Fsp3) is 1.00. The molecule has 0 aromatic carbocycles. The van der Waals surface area contributed by atoms with E-state index in [0.717, 1.165) is 31.5 Å². The van der Waals surface area contributed by atoms with Crippen LogP contribution in [0.3, 0.4) is 0 Å². The molecule has 0 radical (unpaired) electrons. The highest BCUT2D eigenvalue weighted by Crippen LogP contribution is 2.30. The van der Waals surface area contributed by atoms with Gasteiger partial charge in [0.2, 0.25) is 0 Å². The van der Waals surface area contributed by atoms with E-state index in [9.17, 15) is 0 Å². The highest BCUT2D eigenvalue weighted by Gasteiger charge is 2.23. The number of hydrogen-bond acceptors (Lipinski definition) is 2. The second kappa shape index (κ2) is 8.08. The van der Waals surface area contributed by atoms with Gasteiger partial charge in [-0.15, -0.1) is 0 Å². The van der Waals surface area contributed by atoms with Crippen molar-refractivity contribution in [3.63, 3.8) is 0 Å². The van der Waals surface area contributed by atoms with Gasteiger partial charge in [-0.05, 0) is 37.5 Å². The van der Waals surface area contributed by atoms with E-state index in [1.807, 2.05) is 0 Å². The first-order valence-electron chi connectivity index (χ1n) is 7.07. The van der Waals surface area contributed by atoms with Crippen molar-refractivity contribution in [2.24, 2.45) is 17.6 Å². The third-order valence-corrected chi connectivity index (χ3v) is 3.82. The van der Waals surface area contributed by atoms with E-state index < -0.39 is 0 Å². The molecule has 2 nitrogen and oxygen atoms in total. The smallest absolute Gasteiger partial charge is 0.0480 e. The van der Waals surface area contributed by atoms with Crippen LogP contribution in [-0.2, 0) is 4.74 Å². The van der Waals surface area contributed by atoms with Crippen LogP contribution < -0.4 is 5.73 Å². The van der Waals surface area contributed by atoms with Gasteiger partial charge in [0.05, 0.1) is 0 Å². The molecule has 0 aromatic rings. The van der Waals surface area contributed by atoms with Gasteiger partial charge in [0.1, 0.15) is 0 Å². The first-order valence-corrected chi connectivity index (χ1v) is 7.07. The van der Waals surface area contributed by atoms with E-state index in [1.165, 1.54) is 38.5 Å². The van der Waals surface area contributed by atoms with Gasteiger partial charge in [-0.2, -0.15) is 0 Å². The molecule has 1 fully saturated rings. The third kappa shape index (κ3) is 5.31. The monoisotopic (exact) mass is 227 g/mol. The molecule has 0 amide bonds. The van der Waals surface area contributed by atoms with Crippen LogP contribution in [0.5, 0.6) is 0 Å². The fourth-order valence-corrected chi connectivity index (χ4v) is 2.67. The molecule has 0 aliphatic heterocycles. The molecule has 1 aliphatic rings. The Morgan fingerprint density at radius 2 is 2.12 bits per heavy atom. The number of rotatable bonds is 7. The largest absolute Gasteiger partial charge is 0.381 e. The van der Waals surface area contributed by atoms with Crippen LogP contribution in [0.4, 0.5) is 0 Å². The number of hydrogen-bond donors (Lipinski definition) is 1. The summed E-state index contributed by atoms with van der Waals surface area (Å²) >= 11 is 0. The summed E-state index contributed by atoms with van der Waals surface area (Å²) in [5, 5.41) is 0. The van der Waals surface area contributed by atoms with Gasteiger partial charge in [-0.3, -0.25) is 0 Å². The SMILES string of the molecule is CCCCOCCC(N)C1CCCC(C)C1. The molecule has 3 atom stereocenters. The van der Waals surface area contributed by atoms with Crippen molar-refractivity contribution in [3.05, 3.63) is 0 Å². The Morgan fingerprint density at radius 1 is 1.31 bits per heavy atom. The molecule has 1 aliphatic carbocycles. The lowest BCUT2D eigenvalue weighted by Gasteiger charge is -2.31. The first-order chi connectivity index (χ1) is 7.74. The van der Waals surface area contributed by atoms with Gasteiger partial charge in [0, 0.05) is 19.3 Å². The van der Waals surface area contributed by atoms with Crippen molar-refractivity contribution in [2.75, 3.05) is 13.2 Å². The van der Waals surface area contributed by atoms with Gasteiger partial charge in [0.15, 0.2) is 0 Å². The average Bonchev–Trinajstić information content (AvgIpc) is 2.28. The van der Waals surface area contributed by atoms with Gasteiger partial charge in [-0.1, -0.05) is 33.1 Å². The maximum absolute atomic E-state index is 6.25. The molecular weight excluding hydrogens is 198 g/mol. The predicted molar refractivity (Wildman–Crippen MR) is 69.4 cm³/mol.